The summed E-state index contributed by atoms with van der Waals surface area (Å²) >= 11 is 0. The first-order valence-electron chi connectivity index (χ1n) is 8.12. The number of halogens is 3. The molecule has 140 valence electrons. The molecule has 2 rings (SSSR count). The van der Waals surface area contributed by atoms with Gasteiger partial charge in [0.25, 0.3) is 0 Å². The fraction of sp³-hybridized carbons (Fsp3) is 0.200. The average Bonchev–Trinajstić information content (AvgIpc) is 2.66. The van der Waals surface area contributed by atoms with Crippen molar-refractivity contribution in [3.63, 3.8) is 0 Å². The van der Waals surface area contributed by atoms with Gasteiger partial charge in [0, 0.05) is 6.54 Å². The highest BCUT2D eigenvalue weighted by atomic mass is 19.4. The van der Waals surface area contributed by atoms with E-state index in [1.807, 2.05) is 30.3 Å². The number of alkyl halides is 3. The highest BCUT2D eigenvalue weighted by Gasteiger charge is 2.33. The highest BCUT2D eigenvalue weighted by molar-refractivity contribution is 5.67. The topological polar surface area (TPSA) is 62.1 Å². The quantitative estimate of drug-likeness (QED) is 0.731. The molecule has 4 nitrogen and oxygen atoms in total. The van der Waals surface area contributed by atoms with Crippen LogP contribution in [-0.4, -0.2) is 12.6 Å². The van der Waals surface area contributed by atoms with Crippen molar-refractivity contribution >= 4 is 12.2 Å². The van der Waals surface area contributed by atoms with Crippen molar-refractivity contribution in [1.29, 1.82) is 5.26 Å². The number of hydrogen-bond donors (Lipinski definition) is 1. The molecule has 0 spiro atoms. The fourth-order valence-electron chi connectivity index (χ4n) is 2.25. The number of hydrogen-bond acceptors (Lipinski definition) is 3. The molecule has 1 amide bonds. The van der Waals surface area contributed by atoms with Gasteiger partial charge in [-0.05, 0) is 29.7 Å². The molecule has 0 aliphatic rings. The second-order valence-corrected chi connectivity index (χ2v) is 5.59. The molecule has 0 saturated carbocycles. The second-order valence-electron chi connectivity index (χ2n) is 5.59. The molecule has 0 saturated heterocycles. The summed E-state index contributed by atoms with van der Waals surface area (Å²) in [5, 5.41) is 11.3. The van der Waals surface area contributed by atoms with E-state index in [2.05, 4.69) is 5.32 Å². The Kier molecular flexibility index (Phi) is 7.00. The van der Waals surface area contributed by atoms with Gasteiger partial charge in [0.1, 0.15) is 6.61 Å². The third kappa shape index (κ3) is 6.51. The predicted octanol–water partition coefficient (Wildman–Crippen LogP) is 4.91. The summed E-state index contributed by atoms with van der Waals surface area (Å²) in [6.07, 6.45) is -1.59. The molecular formula is C20H17F3N2O2. The largest absolute Gasteiger partial charge is 0.445 e. The Bertz CT molecular complexity index is 841. The standard InChI is InChI=1S/C20H17F3N2O2/c21-20(22,23)18-12-15(9-10-17(18)13-24)6-4-5-11-25-19(26)27-14-16-7-2-1-3-8-16/h1-4,6-10,12H,5,11,14H2,(H,25,26). The van der Waals surface area contributed by atoms with Crippen LogP contribution in [0.3, 0.4) is 0 Å². The van der Waals surface area contributed by atoms with E-state index in [1.165, 1.54) is 18.2 Å². The Labute approximate surface area is 154 Å². The van der Waals surface area contributed by atoms with E-state index in [9.17, 15) is 18.0 Å². The normalized spacial score (nSPS) is 11.2. The lowest BCUT2D eigenvalue weighted by molar-refractivity contribution is -0.137. The van der Waals surface area contributed by atoms with Gasteiger partial charge in [-0.15, -0.1) is 0 Å². The summed E-state index contributed by atoms with van der Waals surface area (Å²) in [5.41, 5.74) is -0.181. The zero-order chi connectivity index (χ0) is 19.7. The molecule has 0 fully saturated rings. The molecule has 1 N–H and O–H groups in total. The lowest BCUT2D eigenvalue weighted by atomic mass is 10.0. The van der Waals surface area contributed by atoms with Crippen molar-refractivity contribution in [3.05, 3.63) is 76.9 Å². The first-order chi connectivity index (χ1) is 12.9. The molecule has 0 aromatic heterocycles. The van der Waals surface area contributed by atoms with E-state index in [1.54, 1.807) is 6.08 Å². The summed E-state index contributed by atoms with van der Waals surface area (Å²) in [4.78, 5) is 11.6. The van der Waals surface area contributed by atoms with Gasteiger partial charge < -0.3 is 10.1 Å². The van der Waals surface area contributed by atoms with Crippen LogP contribution in [0, 0.1) is 11.3 Å². The average molecular weight is 374 g/mol. The number of benzene rings is 2. The van der Waals surface area contributed by atoms with Crippen molar-refractivity contribution in [3.8, 4) is 6.07 Å². The smallest absolute Gasteiger partial charge is 0.417 e. The minimum atomic E-state index is -4.58. The minimum Gasteiger partial charge on any atom is -0.445 e. The number of nitrogens with one attached hydrogen (secondary N) is 1. The second kappa shape index (κ2) is 9.43. The molecule has 2 aromatic rings. The first-order valence-corrected chi connectivity index (χ1v) is 8.12. The lowest BCUT2D eigenvalue weighted by Crippen LogP contribution is -2.24. The molecule has 27 heavy (non-hydrogen) atoms. The van der Waals surface area contributed by atoms with Crippen molar-refractivity contribution in [2.24, 2.45) is 0 Å². The minimum absolute atomic E-state index is 0.161. The number of carbonyl (C=O) groups excluding carboxylic acids is 1. The molecule has 0 heterocycles. The van der Waals surface area contributed by atoms with E-state index in [0.717, 1.165) is 17.7 Å². The van der Waals surface area contributed by atoms with Crippen LogP contribution in [0.4, 0.5) is 18.0 Å². The van der Waals surface area contributed by atoms with Crippen LogP contribution in [0.15, 0.2) is 54.6 Å². The van der Waals surface area contributed by atoms with Crippen LogP contribution in [0.5, 0.6) is 0 Å². The molecule has 0 bridgehead atoms. The number of ether oxygens (including phenoxy) is 1. The van der Waals surface area contributed by atoms with Crippen LogP contribution in [0.2, 0.25) is 0 Å². The van der Waals surface area contributed by atoms with Crippen molar-refractivity contribution in [1.82, 2.24) is 5.32 Å². The van der Waals surface area contributed by atoms with Crippen LogP contribution >= 0.6 is 0 Å². The van der Waals surface area contributed by atoms with Crippen molar-refractivity contribution in [2.45, 2.75) is 19.2 Å². The lowest BCUT2D eigenvalue weighted by Gasteiger charge is -2.09. The van der Waals surface area contributed by atoms with Crippen molar-refractivity contribution in [2.75, 3.05) is 6.54 Å². The molecule has 0 radical (unpaired) electrons. The van der Waals surface area contributed by atoms with Crippen LogP contribution in [0.25, 0.3) is 6.08 Å². The van der Waals surface area contributed by atoms with E-state index in [-0.39, 0.29) is 13.2 Å². The summed E-state index contributed by atoms with van der Waals surface area (Å²) in [6, 6.07) is 14.3. The number of alkyl carbamates (subject to hydrolysis) is 1. The first kappa shape index (κ1) is 20.0. The summed E-state index contributed by atoms with van der Waals surface area (Å²) in [6.45, 7) is 0.445. The summed E-state index contributed by atoms with van der Waals surface area (Å²) in [7, 11) is 0. The van der Waals surface area contributed by atoms with Gasteiger partial charge in [0.2, 0.25) is 0 Å². The van der Waals surface area contributed by atoms with Gasteiger partial charge in [-0.3, -0.25) is 0 Å². The van der Waals surface area contributed by atoms with E-state index >= 15 is 0 Å². The molecule has 7 heteroatoms. The zero-order valence-corrected chi connectivity index (χ0v) is 14.3. The Morgan fingerprint density at radius 3 is 2.59 bits per heavy atom. The maximum absolute atomic E-state index is 12.9. The Hall–Kier alpha value is -3.27. The highest BCUT2D eigenvalue weighted by Crippen LogP contribution is 2.32. The number of nitrogens with zero attached hydrogens (tertiary/aromatic N) is 1. The van der Waals surface area contributed by atoms with E-state index in [0.29, 0.717) is 12.0 Å². The van der Waals surface area contributed by atoms with Gasteiger partial charge in [-0.2, -0.15) is 18.4 Å². The van der Waals surface area contributed by atoms with Gasteiger partial charge >= 0.3 is 12.3 Å². The molecular weight excluding hydrogens is 357 g/mol. The van der Waals surface area contributed by atoms with E-state index in [4.69, 9.17) is 10.00 Å². The third-order valence-corrected chi connectivity index (χ3v) is 3.57. The van der Waals surface area contributed by atoms with E-state index < -0.39 is 23.4 Å². The summed E-state index contributed by atoms with van der Waals surface area (Å²) in [5.74, 6) is 0. The van der Waals surface area contributed by atoms with Gasteiger partial charge in [0.15, 0.2) is 0 Å². The number of nitriles is 1. The predicted molar refractivity (Wildman–Crippen MR) is 94.4 cm³/mol. The maximum atomic E-state index is 12.9. The molecule has 0 unspecified atom stereocenters. The third-order valence-electron chi connectivity index (χ3n) is 3.57. The Balaban J connectivity index is 1.79. The molecule has 0 aliphatic heterocycles. The molecule has 0 aliphatic carbocycles. The Morgan fingerprint density at radius 2 is 1.93 bits per heavy atom. The SMILES string of the molecule is N#Cc1ccc(C=CCCNC(=O)OCc2ccccc2)cc1C(F)(F)F. The van der Waals surface area contributed by atoms with Crippen LogP contribution in [-0.2, 0) is 17.5 Å². The zero-order valence-electron chi connectivity index (χ0n) is 14.3. The number of amides is 1. The van der Waals surface area contributed by atoms with Crippen LogP contribution < -0.4 is 5.32 Å². The van der Waals surface area contributed by atoms with Gasteiger partial charge in [-0.25, -0.2) is 4.79 Å². The monoisotopic (exact) mass is 374 g/mol. The Morgan fingerprint density at radius 1 is 1.19 bits per heavy atom. The maximum Gasteiger partial charge on any atom is 0.417 e. The van der Waals surface area contributed by atoms with Crippen molar-refractivity contribution < 1.29 is 22.7 Å². The number of carbonyl (C=O) groups is 1. The molecule has 2 aromatic carbocycles. The summed E-state index contributed by atoms with van der Waals surface area (Å²) < 4.78 is 43.8. The molecule has 0 atom stereocenters. The van der Waals surface area contributed by atoms with Crippen LogP contribution in [0.1, 0.15) is 28.7 Å². The van der Waals surface area contributed by atoms with Gasteiger partial charge in [0.05, 0.1) is 17.2 Å². The van der Waals surface area contributed by atoms with Gasteiger partial charge in [-0.1, -0.05) is 48.6 Å². The fourth-order valence-corrected chi connectivity index (χ4v) is 2.25. The number of rotatable bonds is 6.